The number of fused-ring (bicyclic) bond motifs is 1. The van der Waals surface area contributed by atoms with Gasteiger partial charge in [0.05, 0.1) is 18.3 Å². The fraction of sp³-hybridized carbons (Fsp3) is 0.593. The van der Waals surface area contributed by atoms with E-state index in [4.69, 9.17) is 0 Å². The topological polar surface area (TPSA) is 87.6 Å². The first kappa shape index (κ1) is 24.5. The molecule has 2 N–H and O–H groups in total. The lowest BCUT2D eigenvalue weighted by atomic mass is 9.48. The average molecular weight is 517 g/mol. The largest absolute Gasteiger partial charge is 0.573 e. The molecule has 0 radical (unpaired) electrons. The number of ether oxygens (including phenoxy) is 1. The number of alkyl halides is 3. The van der Waals surface area contributed by atoms with Crippen LogP contribution < -0.4 is 10.1 Å². The normalized spacial score (nSPS) is 29.1. The van der Waals surface area contributed by atoms with Crippen molar-refractivity contribution in [2.24, 2.45) is 23.2 Å². The molecule has 4 fully saturated rings. The SMILES string of the molecule is O=C(c1ccc(OC(F)(F)F)cc1)N1CCc2c(ncnc2NCC(O)C23CC4CC(CC(C4)C2)C3)C1. The summed E-state index contributed by atoms with van der Waals surface area (Å²) in [6.45, 7) is 1.17. The van der Waals surface area contributed by atoms with Gasteiger partial charge in [-0.25, -0.2) is 9.97 Å². The molecule has 1 aromatic heterocycles. The quantitative estimate of drug-likeness (QED) is 0.585. The summed E-state index contributed by atoms with van der Waals surface area (Å²) in [4.78, 5) is 23.4. The maximum Gasteiger partial charge on any atom is 0.573 e. The van der Waals surface area contributed by atoms with Crippen molar-refractivity contribution in [3.8, 4) is 5.75 Å². The minimum atomic E-state index is -4.78. The summed E-state index contributed by atoms with van der Waals surface area (Å²) in [5.41, 5.74) is 1.99. The zero-order valence-electron chi connectivity index (χ0n) is 20.5. The molecule has 1 unspecified atom stereocenters. The van der Waals surface area contributed by atoms with E-state index >= 15 is 0 Å². The van der Waals surface area contributed by atoms with E-state index < -0.39 is 12.5 Å². The van der Waals surface area contributed by atoms with Gasteiger partial charge in [-0.2, -0.15) is 0 Å². The Labute approximate surface area is 213 Å². The summed E-state index contributed by atoms with van der Waals surface area (Å²) in [7, 11) is 0. The van der Waals surface area contributed by atoms with Gasteiger partial charge in [-0.05, 0) is 92.4 Å². The summed E-state index contributed by atoms with van der Waals surface area (Å²) >= 11 is 0. The number of amides is 1. The van der Waals surface area contributed by atoms with E-state index in [1.165, 1.54) is 37.7 Å². The third-order valence-electron chi connectivity index (χ3n) is 8.88. The van der Waals surface area contributed by atoms with Crippen LogP contribution in [0.4, 0.5) is 19.0 Å². The summed E-state index contributed by atoms with van der Waals surface area (Å²) < 4.78 is 41.1. The summed E-state index contributed by atoms with van der Waals surface area (Å²) in [6.07, 6.45) is 4.20. The Hall–Kier alpha value is -2.88. The molecule has 4 saturated carbocycles. The van der Waals surface area contributed by atoms with Crippen LogP contribution in [0.3, 0.4) is 0 Å². The van der Waals surface area contributed by atoms with Crippen molar-refractivity contribution in [3.63, 3.8) is 0 Å². The molecule has 5 aliphatic rings. The number of nitrogens with zero attached hydrogens (tertiary/aromatic N) is 3. The number of aliphatic hydroxyl groups is 1. The van der Waals surface area contributed by atoms with Gasteiger partial charge in [-0.3, -0.25) is 4.79 Å². The molecule has 4 bridgehead atoms. The van der Waals surface area contributed by atoms with E-state index in [2.05, 4.69) is 20.0 Å². The van der Waals surface area contributed by atoms with Gasteiger partial charge in [0.2, 0.25) is 0 Å². The maximum absolute atomic E-state index is 13.0. The van der Waals surface area contributed by atoms with Gasteiger partial charge in [-0.1, -0.05) is 0 Å². The Kier molecular flexibility index (Phi) is 6.05. The van der Waals surface area contributed by atoms with Gasteiger partial charge >= 0.3 is 6.36 Å². The van der Waals surface area contributed by atoms with E-state index in [-0.39, 0.29) is 29.2 Å². The highest BCUT2D eigenvalue weighted by atomic mass is 19.4. The van der Waals surface area contributed by atoms with E-state index in [1.54, 1.807) is 4.90 Å². The van der Waals surface area contributed by atoms with Crippen molar-refractivity contribution in [1.82, 2.24) is 14.9 Å². The lowest BCUT2D eigenvalue weighted by Gasteiger charge is -2.58. The minimum absolute atomic E-state index is 0.0265. The number of halogens is 3. The highest BCUT2D eigenvalue weighted by Gasteiger charge is 2.53. The number of benzene rings is 1. The first-order chi connectivity index (χ1) is 17.7. The Morgan fingerprint density at radius 3 is 2.38 bits per heavy atom. The predicted molar refractivity (Wildman–Crippen MR) is 129 cm³/mol. The van der Waals surface area contributed by atoms with Crippen molar-refractivity contribution in [1.29, 1.82) is 0 Å². The Balaban J connectivity index is 1.10. The molecular formula is C27H31F3N4O3. The van der Waals surface area contributed by atoms with Gasteiger partial charge in [0.25, 0.3) is 5.91 Å². The Bertz CT molecular complexity index is 1140. The number of nitrogens with one attached hydrogen (secondary N) is 1. The second kappa shape index (κ2) is 9.15. The lowest BCUT2D eigenvalue weighted by Crippen LogP contribution is -2.53. The molecule has 0 saturated heterocycles. The highest BCUT2D eigenvalue weighted by Crippen LogP contribution is 2.61. The molecule has 37 heavy (non-hydrogen) atoms. The number of aliphatic hydroxyl groups excluding tert-OH is 1. The van der Waals surface area contributed by atoms with Crippen LogP contribution in [0.1, 0.15) is 60.1 Å². The Morgan fingerprint density at radius 1 is 1.11 bits per heavy atom. The van der Waals surface area contributed by atoms with Crippen molar-refractivity contribution in [2.75, 3.05) is 18.4 Å². The lowest BCUT2D eigenvalue weighted by molar-refractivity contribution is -0.274. The molecule has 2 heterocycles. The Morgan fingerprint density at radius 2 is 1.76 bits per heavy atom. The van der Waals surface area contributed by atoms with Gasteiger partial charge in [-0.15, -0.1) is 13.2 Å². The van der Waals surface area contributed by atoms with Crippen molar-refractivity contribution >= 4 is 11.7 Å². The van der Waals surface area contributed by atoms with E-state index in [0.717, 1.165) is 60.4 Å². The number of anilines is 1. The molecule has 7 nitrogen and oxygen atoms in total. The molecule has 1 amide bonds. The molecular weight excluding hydrogens is 485 g/mol. The molecule has 4 aliphatic carbocycles. The van der Waals surface area contributed by atoms with Gasteiger partial charge < -0.3 is 20.1 Å². The smallest absolute Gasteiger partial charge is 0.406 e. The van der Waals surface area contributed by atoms with E-state index in [0.29, 0.717) is 25.3 Å². The standard InChI is InChI=1S/C27H31F3N4O3/c28-27(29,30)37-20-3-1-19(2-4-20)25(36)34-6-5-21-22(14-34)32-15-33-24(21)31-13-23(35)26-10-16-7-17(11-26)9-18(8-16)12-26/h1-4,15-18,23,35H,5-14H2,(H,31,32,33). The molecule has 1 atom stereocenters. The number of carbonyl (C=O) groups is 1. The van der Waals surface area contributed by atoms with Crippen LogP contribution in [0.2, 0.25) is 0 Å². The van der Waals surface area contributed by atoms with Crippen LogP contribution in [0.25, 0.3) is 0 Å². The van der Waals surface area contributed by atoms with Crippen LogP contribution in [0, 0.1) is 23.2 Å². The molecule has 198 valence electrons. The third kappa shape index (κ3) is 4.87. The second-order valence-corrected chi connectivity index (χ2v) is 11.4. The minimum Gasteiger partial charge on any atom is -0.406 e. The van der Waals surface area contributed by atoms with Crippen LogP contribution in [-0.2, 0) is 13.0 Å². The second-order valence-electron chi connectivity index (χ2n) is 11.4. The zero-order valence-corrected chi connectivity index (χ0v) is 20.5. The summed E-state index contributed by atoms with van der Waals surface area (Å²) in [5, 5.41) is 14.7. The molecule has 1 aromatic carbocycles. The van der Waals surface area contributed by atoms with Crippen molar-refractivity contribution in [3.05, 3.63) is 47.4 Å². The van der Waals surface area contributed by atoms with Crippen molar-refractivity contribution in [2.45, 2.75) is 64.0 Å². The average Bonchev–Trinajstić information content (AvgIpc) is 2.85. The monoisotopic (exact) mass is 516 g/mol. The van der Waals surface area contributed by atoms with Crippen LogP contribution >= 0.6 is 0 Å². The molecule has 2 aromatic rings. The summed E-state index contributed by atoms with van der Waals surface area (Å²) in [5.74, 6) is 2.36. The molecule has 0 spiro atoms. The fourth-order valence-corrected chi connectivity index (χ4v) is 7.66. The van der Waals surface area contributed by atoms with Crippen LogP contribution in [0.15, 0.2) is 30.6 Å². The van der Waals surface area contributed by atoms with Gasteiger partial charge in [0.1, 0.15) is 17.9 Å². The number of hydrogen-bond donors (Lipinski definition) is 2. The third-order valence-corrected chi connectivity index (χ3v) is 8.88. The van der Waals surface area contributed by atoms with Crippen LogP contribution in [0.5, 0.6) is 5.75 Å². The predicted octanol–water partition coefficient (Wildman–Crippen LogP) is 4.56. The van der Waals surface area contributed by atoms with Gasteiger partial charge in [0, 0.05) is 24.2 Å². The molecule has 7 rings (SSSR count). The number of carbonyl (C=O) groups excluding carboxylic acids is 1. The number of rotatable bonds is 6. The highest BCUT2D eigenvalue weighted by molar-refractivity contribution is 5.94. The first-order valence-corrected chi connectivity index (χ1v) is 13.1. The van der Waals surface area contributed by atoms with Crippen molar-refractivity contribution < 1.29 is 27.8 Å². The molecule has 10 heteroatoms. The first-order valence-electron chi connectivity index (χ1n) is 13.1. The number of hydrogen-bond acceptors (Lipinski definition) is 6. The summed E-state index contributed by atoms with van der Waals surface area (Å²) in [6, 6.07) is 4.94. The fourth-order valence-electron chi connectivity index (χ4n) is 7.66. The van der Waals surface area contributed by atoms with E-state index in [9.17, 15) is 23.1 Å². The zero-order chi connectivity index (χ0) is 25.8. The van der Waals surface area contributed by atoms with Gasteiger partial charge in [0.15, 0.2) is 0 Å². The maximum atomic E-state index is 13.0. The molecule has 1 aliphatic heterocycles. The van der Waals surface area contributed by atoms with Crippen LogP contribution in [-0.4, -0.2) is 51.4 Å². The number of aromatic nitrogens is 2. The van der Waals surface area contributed by atoms with E-state index in [1.807, 2.05) is 0 Å².